The predicted octanol–water partition coefficient (Wildman–Crippen LogP) is 2.91. The third kappa shape index (κ3) is 7.29. The number of carbonyl (C=O) groups excluding carboxylic acids is 1. The molecule has 1 amide bonds. The summed E-state index contributed by atoms with van der Waals surface area (Å²) in [7, 11) is 2.18. The Labute approximate surface area is 196 Å². The SMILES string of the molecule is CCNC(=NCC1CCCN(C)C1)N1CCN(Cc2ccc(Cl)cc2)C(=O)C1.I. The van der Waals surface area contributed by atoms with Crippen molar-refractivity contribution in [3.05, 3.63) is 34.9 Å². The number of likely N-dealkylation sites (tertiary alicyclic amines) is 1. The number of aliphatic imine (C=N–C) groups is 1. The molecular formula is C21H33ClIN5O. The van der Waals surface area contributed by atoms with Gasteiger partial charge in [-0.1, -0.05) is 23.7 Å². The van der Waals surface area contributed by atoms with Crippen molar-refractivity contribution in [2.45, 2.75) is 26.3 Å². The van der Waals surface area contributed by atoms with Crippen molar-refractivity contribution < 1.29 is 4.79 Å². The van der Waals surface area contributed by atoms with Crippen LogP contribution in [0.1, 0.15) is 25.3 Å². The molecule has 1 aromatic rings. The Kier molecular flexibility index (Phi) is 9.98. The number of carbonyl (C=O) groups is 1. The van der Waals surface area contributed by atoms with Crippen molar-refractivity contribution in [1.82, 2.24) is 20.0 Å². The highest BCUT2D eigenvalue weighted by atomic mass is 127. The molecule has 8 heteroatoms. The Balaban J connectivity index is 0.00000300. The Morgan fingerprint density at radius 2 is 2.00 bits per heavy atom. The fourth-order valence-corrected chi connectivity index (χ4v) is 4.06. The number of nitrogens with zero attached hydrogens (tertiary/aromatic N) is 4. The van der Waals surface area contributed by atoms with E-state index in [2.05, 4.69) is 29.1 Å². The van der Waals surface area contributed by atoms with Crippen LogP contribution in [0.25, 0.3) is 0 Å². The molecule has 1 unspecified atom stereocenters. The first-order valence-corrected chi connectivity index (χ1v) is 10.7. The van der Waals surface area contributed by atoms with E-state index >= 15 is 0 Å². The summed E-state index contributed by atoms with van der Waals surface area (Å²) in [6, 6.07) is 7.70. The van der Waals surface area contributed by atoms with Gasteiger partial charge in [0.1, 0.15) is 0 Å². The molecule has 162 valence electrons. The molecule has 2 saturated heterocycles. The number of guanidine groups is 1. The fraction of sp³-hybridized carbons (Fsp3) is 0.619. The van der Waals surface area contributed by atoms with Crippen LogP contribution in [0.5, 0.6) is 0 Å². The quantitative estimate of drug-likeness (QED) is 0.359. The number of nitrogens with one attached hydrogen (secondary N) is 1. The Morgan fingerprint density at radius 3 is 2.66 bits per heavy atom. The zero-order chi connectivity index (χ0) is 19.9. The highest BCUT2D eigenvalue weighted by molar-refractivity contribution is 14.0. The Morgan fingerprint density at radius 1 is 1.24 bits per heavy atom. The lowest BCUT2D eigenvalue weighted by atomic mass is 9.99. The molecule has 0 bridgehead atoms. The van der Waals surface area contributed by atoms with Gasteiger partial charge >= 0.3 is 0 Å². The van der Waals surface area contributed by atoms with Crippen molar-refractivity contribution >= 4 is 47.4 Å². The normalized spacial score (nSPS) is 21.1. The second-order valence-corrected chi connectivity index (χ2v) is 8.26. The van der Waals surface area contributed by atoms with Gasteiger partial charge < -0.3 is 20.0 Å². The van der Waals surface area contributed by atoms with E-state index in [0.29, 0.717) is 25.6 Å². The van der Waals surface area contributed by atoms with Crippen molar-refractivity contribution in [3.63, 3.8) is 0 Å². The zero-order valence-electron chi connectivity index (χ0n) is 17.4. The standard InChI is InChI=1S/C21H32ClN5O.HI/c1-3-23-21(24-13-18-5-4-10-25(2)14-18)27-12-11-26(20(28)16-27)15-17-6-8-19(22)9-7-17;/h6-9,18H,3-5,10-16H2,1-2H3,(H,23,24);1H. The molecule has 2 aliphatic heterocycles. The number of rotatable bonds is 5. The summed E-state index contributed by atoms with van der Waals surface area (Å²) in [5.74, 6) is 1.62. The van der Waals surface area contributed by atoms with Gasteiger partial charge in [0.25, 0.3) is 0 Å². The molecule has 1 N–H and O–H groups in total. The molecule has 29 heavy (non-hydrogen) atoms. The molecule has 2 heterocycles. The van der Waals surface area contributed by atoms with E-state index in [9.17, 15) is 4.79 Å². The maximum atomic E-state index is 12.7. The summed E-state index contributed by atoms with van der Waals surface area (Å²) in [4.78, 5) is 24.0. The van der Waals surface area contributed by atoms with E-state index in [4.69, 9.17) is 16.6 Å². The third-order valence-electron chi connectivity index (χ3n) is 5.46. The molecule has 0 radical (unpaired) electrons. The summed E-state index contributed by atoms with van der Waals surface area (Å²) >= 11 is 5.95. The van der Waals surface area contributed by atoms with Crippen LogP contribution in [0.3, 0.4) is 0 Å². The van der Waals surface area contributed by atoms with E-state index in [1.807, 2.05) is 29.2 Å². The average molecular weight is 534 g/mol. The number of piperidine rings is 1. The van der Waals surface area contributed by atoms with E-state index in [1.165, 1.54) is 19.4 Å². The Hall–Kier alpha value is -1.06. The van der Waals surface area contributed by atoms with Crippen molar-refractivity contribution in [3.8, 4) is 0 Å². The van der Waals surface area contributed by atoms with Gasteiger partial charge in [-0.05, 0) is 57.0 Å². The molecule has 1 aromatic carbocycles. The van der Waals surface area contributed by atoms with Crippen LogP contribution >= 0.6 is 35.6 Å². The van der Waals surface area contributed by atoms with Crippen LogP contribution in [0.2, 0.25) is 5.02 Å². The number of halogens is 2. The molecule has 0 aliphatic carbocycles. The second kappa shape index (κ2) is 12.0. The van der Waals surface area contributed by atoms with E-state index in [1.54, 1.807) is 0 Å². The summed E-state index contributed by atoms with van der Waals surface area (Å²) in [5.41, 5.74) is 1.10. The van der Waals surface area contributed by atoms with Gasteiger partial charge in [-0.3, -0.25) is 9.79 Å². The molecule has 2 fully saturated rings. The van der Waals surface area contributed by atoms with Crippen molar-refractivity contribution in [1.29, 1.82) is 0 Å². The number of piperazine rings is 1. The fourth-order valence-electron chi connectivity index (χ4n) is 3.93. The monoisotopic (exact) mass is 533 g/mol. The topological polar surface area (TPSA) is 51.2 Å². The van der Waals surface area contributed by atoms with Crippen molar-refractivity contribution in [2.24, 2.45) is 10.9 Å². The van der Waals surface area contributed by atoms with Crippen molar-refractivity contribution in [2.75, 3.05) is 52.9 Å². The summed E-state index contributed by atoms with van der Waals surface area (Å²) in [6.07, 6.45) is 2.48. The number of benzene rings is 1. The first-order chi connectivity index (χ1) is 13.5. The van der Waals surface area contributed by atoms with Gasteiger partial charge in [0, 0.05) is 44.3 Å². The van der Waals surface area contributed by atoms with E-state index in [0.717, 1.165) is 42.7 Å². The van der Waals surface area contributed by atoms with Gasteiger partial charge in [-0.15, -0.1) is 24.0 Å². The third-order valence-corrected chi connectivity index (χ3v) is 5.71. The molecule has 2 aliphatic rings. The molecule has 6 nitrogen and oxygen atoms in total. The van der Waals surface area contributed by atoms with Gasteiger partial charge in [-0.25, -0.2) is 0 Å². The predicted molar refractivity (Wildman–Crippen MR) is 130 cm³/mol. The molecule has 0 saturated carbocycles. The van der Waals surface area contributed by atoms with Crippen LogP contribution in [0.4, 0.5) is 0 Å². The number of hydrogen-bond acceptors (Lipinski definition) is 3. The summed E-state index contributed by atoms with van der Waals surface area (Å²) < 4.78 is 0. The minimum Gasteiger partial charge on any atom is -0.357 e. The lowest BCUT2D eigenvalue weighted by molar-refractivity contribution is -0.135. The highest BCUT2D eigenvalue weighted by Crippen LogP contribution is 2.16. The van der Waals surface area contributed by atoms with Gasteiger partial charge in [0.15, 0.2) is 5.96 Å². The maximum absolute atomic E-state index is 12.7. The smallest absolute Gasteiger partial charge is 0.242 e. The van der Waals surface area contributed by atoms with Crippen LogP contribution in [-0.2, 0) is 11.3 Å². The molecule has 3 rings (SSSR count). The largest absolute Gasteiger partial charge is 0.357 e. The van der Waals surface area contributed by atoms with Crippen LogP contribution in [-0.4, -0.2) is 79.4 Å². The lowest BCUT2D eigenvalue weighted by Crippen LogP contribution is -2.55. The minimum absolute atomic E-state index is 0. The maximum Gasteiger partial charge on any atom is 0.242 e. The summed E-state index contributed by atoms with van der Waals surface area (Å²) in [5, 5.41) is 4.09. The van der Waals surface area contributed by atoms with Gasteiger partial charge in [-0.2, -0.15) is 0 Å². The number of amides is 1. The first-order valence-electron chi connectivity index (χ1n) is 10.3. The first kappa shape index (κ1) is 24.2. The van der Waals surface area contributed by atoms with Crippen LogP contribution < -0.4 is 5.32 Å². The van der Waals surface area contributed by atoms with Crippen LogP contribution in [0, 0.1) is 5.92 Å². The van der Waals surface area contributed by atoms with E-state index < -0.39 is 0 Å². The molecule has 1 atom stereocenters. The zero-order valence-corrected chi connectivity index (χ0v) is 20.5. The second-order valence-electron chi connectivity index (χ2n) is 7.83. The van der Waals surface area contributed by atoms with Gasteiger partial charge in [0.2, 0.25) is 5.91 Å². The van der Waals surface area contributed by atoms with Crippen LogP contribution in [0.15, 0.2) is 29.3 Å². The Bertz CT molecular complexity index is 684. The van der Waals surface area contributed by atoms with E-state index in [-0.39, 0.29) is 29.9 Å². The lowest BCUT2D eigenvalue weighted by Gasteiger charge is -2.36. The molecule has 0 spiro atoms. The average Bonchev–Trinajstić information content (AvgIpc) is 2.68. The minimum atomic E-state index is 0. The molecular weight excluding hydrogens is 501 g/mol. The molecule has 0 aromatic heterocycles. The highest BCUT2D eigenvalue weighted by Gasteiger charge is 2.26. The van der Waals surface area contributed by atoms with Gasteiger partial charge in [0.05, 0.1) is 6.54 Å². The number of hydrogen-bond donors (Lipinski definition) is 1. The summed E-state index contributed by atoms with van der Waals surface area (Å²) in [6.45, 7) is 8.52.